The first-order valence-electron chi connectivity index (χ1n) is 7.04. The van der Waals surface area contributed by atoms with Crippen molar-refractivity contribution in [3.05, 3.63) is 35.4 Å². The molecule has 20 heavy (non-hydrogen) atoms. The molecule has 0 saturated heterocycles. The van der Waals surface area contributed by atoms with Gasteiger partial charge in [0.1, 0.15) is 0 Å². The molecule has 0 heterocycles. The Morgan fingerprint density at radius 2 is 1.85 bits per heavy atom. The molecule has 1 atom stereocenters. The Balaban J connectivity index is 2.19. The first-order valence-corrected chi connectivity index (χ1v) is 7.04. The van der Waals surface area contributed by atoms with Crippen LogP contribution in [0.2, 0.25) is 0 Å². The van der Waals surface area contributed by atoms with E-state index in [2.05, 4.69) is 36.5 Å². The van der Waals surface area contributed by atoms with Crippen LogP contribution < -0.4 is 5.32 Å². The molecule has 1 amide bonds. The Hall–Kier alpha value is -1.84. The molecule has 4 heteroatoms. The molecule has 1 aromatic carbocycles. The first kappa shape index (κ1) is 16.2. The molecule has 0 aliphatic rings. The molecular weight excluding hydrogens is 254 g/mol. The molecule has 1 aromatic rings. The van der Waals surface area contributed by atoms with Crippen LogP contribution >= 0.6 is 0 Å². The van der Waals surface area contributed by atoms with E-state index < -0.39 is 5.97 Å². The lowest BCUT2D eigenvalue weighted by molar-refractivity contribution is -0.137. The summed E-state index contributed by atoms with van der Waals surface area (Å²) >= 11 is 0. The maximum atomic E-state index is 11.7. The average Bonchev–Trinajstić information content (AvgIpc) is 2.38. The monoisotopic (exact) mass is 277 g/mol. The van der Waals surface area contributed by atoms with Crippen molar-refractivity contribution >= 4 is 11.9 Å². The molecule has 4 nitrogen and oxygen atoms in total. The van der Waals surface area contributed by atoms with Crippen LogP contribution in [0.15, 0.2) is 24.3 Å². The van der Waals surface area contributed by atoms with Crippen molar-refractivity contribution < 1.29 is 14.7 Å². The van der Waals surface area contributed by atoms with Crippen molar-refractivity contribution in [1.29, 1.82) is 0 Å². The van der Waals surface area contributed by atoms with Crippen molar-refractivity contribution in [3.63, 3.8) is 0 Å². The van der Waals surface area contributed by atoms with Gasteiger partial charge in [-0.05, 0) is 38.7 Å². The fraction of sp³-hybridized carbons (Fsp3) is 0.500. The second-order valence-corrected chi connectivity index (χ2v) is 5.24. The number of carboxylic acid groups (broad SMARTS) is 1. The fourth-order valence-corrected chi connectivity index (χ4v) is 1.97. The lowest BCUT2D eigenvalue weighted by atomic mass is 10.1. The number of aryl methyl sites for hydroxylation is 2. The predicted octanol–water partition coefficient (Wildman–Crippen LogP) is 2.69. The lowest BCUT2D eigenvalue weighted by Gasteiger charge is -2.12. The van der Waals surface area contributed by atoms with E-state index in [1.54, 1.807) is 0 Å². The highest BCUT2D eigenvalue weighted by Crippen LogP contribution is 2.07. The molecule has 0 fully saturated rings. The first-order chi connectivity index (χ1) is 9.47. The van der Waals surface area contributed by atoms with E-state index in [4.69, 9.17) is 5.11 Å². The highest BCUT2D eigenvalue weighted by molar-refractivity contribution is 5.76. The third-order valence-electron chi connectivity index (χ3n) is 3.19. The molecule has 0 bridgehead atoms. The summed E-state index contributed by atoms with van der Waals surface area (Å²) in [7, 11) is 0. The maximum absolute atomic E-state index is 11.7. The summed E-state index contributed by atoms with van der Waals surface area (Å²) in [4.78, 5) is 22.1. The second-order valence-electron chi connectivity index (χ2n) is 5.24. The smallest absolute Gasteiger partial charge is 0.303 e. The summed E-state index contributed by atoms with van der Waals surface area (Å²) in [6.45, 7) is 3.89. The van der Waals surface area contributed by atoms with Crippen LogP contribution in [0, 0.1) is 6.92 Å². The van der Waals surface area contributed by atoms with Crippen LogP contribution in [0.1, 0.15) is 43.7 Å². The van der Waals surface area contributed by atoms with Gasteiger partial charge in [-0.1, -0.05) is 29.8 Å². The van der Waals surface area contributed by atoms with Gasteiger partial charge in [-0.2, -0.15) is 0 Å². The van der Waals surface area contributed by atoms with E-state index in [-0.39, 0.29) is 18.4 Å². The van der Waals surface area contributed by atoms with E-state index in [1.807, 2.05) is 6.92 Å². The summed E-state index contributed by atoms with van der Waals surface area (Å²) in [5, 5.41) is 11.4. The van der Waals surface area contributed by atoms with Gasteiger partial charge in [0.15, 0.2) is 0 Å². The van der Waals surface area contributed by atoms with E-state index in [1.165, 1.54) is 11.1 Å². The second kappa shape index (κ2) is 8.35. The molecular formula is C16H23NO3. The van der Waals surface area contributed by atoms with Crippen LogP contribution in [-0.4, -0.2) is 23.0 Å². The van der Waals surface area contributed by atoms with Gasteiger partial charge < -0.3 is 10.4 Å². The van der Waals surface area contributed by atoms with Crippen molar-refractivity contribution in [3.8, 4) is 0 Å². The SMILES string of the molecule is Cc1ccc(CCCC(=O)NC(C)CCC(=O)O)cc1. The van der Waals surface area contributed by atoms with Gasteiger partial charge in [0, 0.05) is 18.9 Å². The molecule has 110 valence electrons. The summed E-state index contributed by atoms with van der Waals surface area (Å²) in [5.74, 6) is -0.833. The van der Waals surface area contributed by atoms with Gasteiger partial charge >= 0.3 is 5.97 Å². The quantitative estimate of drug-likeness (QED) is 0.767. The van der Waals surface area contributed by atoms with Gasteiger partial charge in [0.05, 0.1) is 0 Å². The number of nitrogens with one attached hydrogen (secondary N) is 1. The van der Waals surface area contributed by atoms with Gasteiger partial charge in [0.2, 0.25) is 5.91 Å². The van der Waals surface area contributed by atoms with Crippen molar-refractivity contribution in [2.45, 2.75) is 52.0 Å². The number of benzene rings is 1. The minimum absolute atomic E-state index is 0.00463. The van der Waals surface area contributed by atoms with Crippen molar-refractivity contribution in [2.75, 3.05) is 0 Å². The Morgan fingerprint density at radius 3 is 2.45 bits per heavy atom. The van der Waals surface area contributed by atoms with Crippen LogP contribution in [0.3, 0.4) is 0 Å². The average molecular weight is 277 g/mol. The molecule has 0 spiro atoms. The molecule has 1 unspecified atom stereocenters. The summed E-state index contributed by atoms with van der Waals surface area (Å²) < 4.78 is 0. The molecule has 0 saturated carbocycles. The summed E-state index contributed by atoms with van der Waals surface area (Å²) in [6, 6.07) is 8.23. The zero-order valence-electron chi connectivity index (χ0n) is 12.2. The highest BCUT2D eigenvalue weighted by Gasteiger charge is 2.09. The Labute approximate surface area is 120 Å². The van der Waals surface area contributed by atoms with Crippen LogP contribution in [0.25, 0.3) is 0 Å². The van der Waals surface area contributed by atoms with Gasteiger partial charge in [-0.15, -0.1) is 0 Å². The van der Waals surface area contributed by atoms with E-state index in [0.717, 1.165) is 12.8 Å². The summed E-state index contributed by atoms with van der Waals surface area (Å²) in [5.41, 5.74) is 2.47. The number of carbonyl (C=O) groups is 2. The van der Waals surface area contributed by atoms with Crippen molar-refractivity contribution in [2.24, 2.45) is 0 Å². The third-order valence-corrected chi connectivity index (χ3v) is 3.19. The zero-order chi connectivity index (χ0) is 15.0. The third kappa shape index (κ3) is 6.92. The Bertz CT molecular complexity index is 440. The standard InChI is InChI=1S/C16H23NO3/c1-12-6-9-14(10-7-12)4-3-5-15(18)17-13(2)8-11-16(19)20/h6-7,9-10,13H,3-5,8,11H2,1-2H3,(H,17,18)(H,19,20). The number of hydrogen-bond donors (Lipinski definition) is 2. The molecule has 0 aliphatic carbocycles. The minimum Gasteiger partial charge on any atom is -0.481 e. The maximum Gasteiger partial charge on any atom is 0.303 e. The largest absolute Gasteiger partial charge is 0.481 e. The Kier molecular flexibility index (Phi) is 6.77. The predicted molar refractivity (Wildman–Crippen MR) is 78.6 cm³/mol. The van der Waals surface area contributed by atoms with Gasteiger partial charge in [0.25, 0.3) is 0 Å². The van der Waals surface area contributed by atoms with Crippen LogP contribution in [0.4, 0.5) is 0 Å². The number of rotatable bonds is 8. The molecule has 2 N–H and O–H groups in total. The fourth-order valence-electron chi connectivity index (χ4n) is 1.97. The van der Waals surface area contributed by atoms with Gasteiger partial charge in [-0.3, -0.25) is 9.59 Å². The molecule has 0 aromatic heterocycles. The molecule has 0 radical (unpaired) electrons. The van der Waals surface area contributed by atoms with Crippen LogP contribution in [0.5, 0.6) is 0 Å². The van der Waals surface area contributed by atoms with E-state index >= 15 is 0 Å². The normalized spacial score (nSPS) is 11.9. The lowest BCUT2D eigenvalue weighted by Crippen LogP contribution is -2.32. The summed E-state index contributed by atoms with van der Waals surface area (Å²) in [6.07, 6.45) is 2.73. The topological polar surface area (TPSA) is 66.4 Å². The van der Waals surface area contributed by atoms with Crippen LogP contribution in [-0.2, 0) is 16.0 Å². The number of hydrogen-bond acceptors (Lipinski definition) is 2. The number of carbonyl (C=O) groups excluding carboxylic acids is 1. The Morgan fingerprint density at radius 1 is 1.20 bits per heavy atom. The number of aliphatic carboxylic acids is 1. The van der Waals surface area contributed by atoms with Crippen molar-refractivity contribution in [1.82, 2.24) is 5.32 Å². The van der Waals surface area contributed by atoms with E-state index in [0.29, 0.717) is 12.8 Å². The highest BCUT2D eigenvalue weighted by atomic mass is 16.4. The number of amides is 1. The molecule has 0 aliphatic heterocycles. The number of carboxylic acids is 1. The molecule has 1 rings (SSSR count). The van der Waals surface area contributed by atoms with Gasteiger partial charge in [-0.25, -0.2) is 0 Å². The van der Waals surface area contributed by atoms with E-state index in [9.17, 15) is 9.59 Å². The minimum atomic E-state index is -0.828. The zero-order valence-corrected chi connectivity index (χ0v) is 12.2.